The third-order valence-electron chi connectivity index (χ3n) is 4.50. The molecule has 1 aliphatic carbocycles. The van der Waals surface area contributed by atoms with E-state index in [0.717, 1.165) is 5.69 Å². The highest BCUT2D eigenvalue weighted by molar-refractivity contribution is 5.94. The quantitative estimate of drug-likeness (QED) is 0.926. The number of amides is 1. The number of nitrogens with two attached hydrogens (primary N) is 1. The molecule has 2 aliphatic rings. The summed E-state index contributed by atoms with van der Waals surface area (Å²) in [6.07, 6.45) is 5.84. The molecule has 1 amide bonds. The van der Waals surface area contributed by atoms with Gasteiger partial charge in [-0.2, -0.15) is 5.10 Å². The van der Waals surface area contributed by atoms with Crippen molar-refractivity contribution in [1.29, 1.82) is 0 Å². The van der Waals surface area contributed by atoms with Gasteiger partial charge in [0, 0.05) is 19.3 Å². The molecule has 21 heavy (non-hydrogen) atoms. The van der Waals surface area contributed by atoms with Crippen LogP contribution < -0.4 is 5.73 Å². The molecule has 1 aliphatic heterocycles. The third kappa shape index (κ3) is 2.14. The highest BCUT2D eigenvalue weighted by Crippen LogP contribution is 2.43. The Hall–Kier alpha value is -2.14. The predicted octanol–water partition coefficient (Wildman–Crippen LogP) is 1.44. The van der Waals surface area contributed by atoms with E-state index in [9.17, 15) is 4.79 Å². The van der Waals surface area contributed by atoms with Crippen LogP contribution in [0.15, 0.2) is 42.7 Å². The molecular weight excluding hydrogens is 264 g/mol. The molecular formula is C16H18N4O. The second-order valence-electron chi connectivity index (χ2n) is 6.18. The number of hydrogen-bond acceptors (Lipinski definition) is 3. The smallest absolute Gasteiger partial charge is 0.257 e. The molecule has 4 rings (SSSR count). The standard InChI is InChI=1S/C16H18N4O/c17-16(13-6-7-13)10-19(11-16)15(21)12-8-18-20(9-12)14-4-2-1-3-5-14/h1-5,8-9,13H,6-7,10-11,17H2. The number of hydrogen-bond donors (Lipinski definition) is 1. The number of rotatable bonds is 3. The fourth-order valence-corrected chi connectivity index (χ4v) is 3.06. The maximum Gasteiger partial charge on any atom is 0.257 e. The minimum absolute atomic E-state index is 0.0268. The van der Waals surface area contributed by atoms with E-state index in [1.807, 2.05) is 35.2 Å². The Morgan fingerprint density at radius 2 is 1.95 bits per heavy atom. The fourth-order valence-electron chi connectivity index (χ4n) is 3.06. The third-order valence-corrected chi connectivity index (χ3v) is 4.50. The second kappa shape index (κ2) is 4.43. The highest BCUT2D eigenvalue weighted by Gasteiger charge is 2.51. The van der Waals surface area contributed by atoms with Gasteiger partial charge in [-0.05, 0) is 30.9 Å². The lowest BCUT2D eigenvalue weighted by Gasteiger charge is -2.48. The number of carbonyl (C=O) groups is 1. The van der Waals surface area contributed by atoms with Crippen LogP contribution in [-0.2, 0) is 0 Å². The molecule has 5 heteroatoms. The minimum atomic E-state index is -0.134. The Morgan fingerprint density at radius 3 is 2.62 bits per heavy atom. The maximum atomic E-state index is 12.4. The summed E-state index contributed by atoms with van der Waals surface area (Å²) in [7, 11) is 0. The summed E-state index contributed by atoms with van der Waals surface area (Å²) in [5.41, 5.74) is 7.73. The molecule has 0 atom stereocenters. The summed E-state index contributed by atoms with van der Waals surface area (Å²) < 4.78 is 1.73. The van der Waals surface area contributed by atoms with Gasteiger partial charge in [-0.3, -0.25) is 4.79 Å². The SMILES string of the molecule is NC1(C2CC2)CN(C(=O)c2cnn(-c3ccccc3)c2)C1. The zero-order chi connectivity index (χ0) is 14.4. The van der Waals surface area contributed by atoms with Crippen molar-refractivity contribution in [3.63, 3.8) is 0 Å². The van der Waals surface area contributed by atoms with Crippen LogP contribution in [0.4, 0.5) is 0 Å². The molecule has 1 aromatic carbocycles. The van der Waals surface area contributed by atoms with E-state index in [1.54, 1.807) is 17.1 Å². The van der Waals surface area contributed by atoms with Gasteiger partial charge in [0.2, 0.25) is 0 Å². The normalized spacial score (nSPS) is 20.1. The number of para-hydroxylation sites is 1. The van der Waals surface area contributed by atoms with E-state index in [0.29, 0.717) is 24.6 Å². The van der Waals surface area contributed by atoms with Crippen LogP contribution in [-0.4, -0.2) is 39.2 Å². The van der Waals surface area contributed by atoms with Crippen molar-refractivity contribution in [3.05, 3.63) is 48.3 Å². The molecule has 5 nitrogen and oxygen atoms in total. The van der Waals surface area contributed by atoms with Gasteiger partial charge in [-0.15, -0.1) is 0 Å². The molecule has 0 unspecified atom stereocenters. The average molecular weight is 282 g/mol. The summed E-state index contributed by atoms with van der Waals surface area (Å²) in [6, 6.07) is 9.78. The molecule has 1 aromatic heterocycles. The van der Waals surface area contributed by atoms with Crippen LogP contribution in [0.25, 0.3) is 5.69 Å². The fraction of sp³-hybridized carbons (Fsp3) is 0.375. The zero-order valence-electron chi connectivity index (χ0n) is 11.8. The number of aromatic nitrogens is 2. The summed E-state index contributed by atoms with van der Waals surface area (Å²) in [5.74, 6) is 0.646. The molecule has 2 aromatic rings. The first-order valence-electron chi connectivity index (χ1n) is 7.34. The largest absolute Gasteiger partial charge is 0.335 e. The van der Waals surface area contributed by atoms with Crippen LogP contribution in [0.3, 0.4) is 0 Å². The van der Waals surface area contributed by atoms with E-state index < -0.39 is 0 Å². The second-order valence-corrected chi connectivity index (χ2v) is 6.18. The molecule has 108 valence electrons. The van der Waals surface area contributed by atoms with Gasteiger partial charge in [-0.25, -0.2) is 4.68 Å². The first-order valence-corrected chi connectivity index (χ1v) is 7.34. The predicted molar refractivity (Wildman–Crippen MR) is 79.1 cm³/mol. The van der Waals surface area contributed by atoms with E-state index in [1.165, 1.54) is 12.8 Å². The van der Waals surface area contributed by atoms with Gasteiger partial charge in [0.05, 0.1) is 23.0 Å². The van der Waals surface area contributed by atoms with Gasteiger partial charge in [0.15, 0.2) is 0 Å². The Morgan fingerprint density at radius 1 is 1.24 bits per heavy atom. The maximum absolute atomic E-state index is 12.4. The molecule has 2 heterocycles. The first-order chi connectivity index (χ1) is 10.2. The van der Waals surface area contributed by atoms with Crippen molar-refractivity contribution in [3.8, 4) is 5.69 Å². The van der Waals surface area contributed by atoms with E-state index in [-0.39, 0.29) is 11.4 Å². The van der Waals surface area contributed by atoms with Crippen molar-refractivity contribution in [1.82, 2.24) is 14.7 Å². The van der Waals surface area contributed by atoms with Crippen molar-refractivity contribution in [2.24, 2.45) is 11.7 Å². The lowest BCUT2D eigenvalue weighted by atomic mass is 9.85. The number of carbonyl (C=O) groups excluding carboxylic acids is 1. The van der Waals surface area contributed by atoms with E-state index in [2.05, 4.69) is 5.10 Å². The van der Waals surface area contributed by atoms with E-state index in [4.69, 9.17) is 5.73 Å². The molecule has 0 spiro atoms. The summed E-state index contributed by atoms with van der Waals surface area (Å²) >= 11 is 0. The monoisotopic (exact) mass is 282 g/mol. The Bertz CT molecular complexity index is 669. The van der Waals surface area contributed by atoms with E-state index >= 15 is 0 Å². The zero-order valence-corrected chi connectivity index (χ0v) is 11.8. The van der Waals surface area contributed by atoms with Gasteiger partial charge in [0.1, 0.15) is 0 Å². The summed E-state index contributed by atoms with van der Waals surface area (Å²) in [6.45, 7) is 1.35. The highest BCUT2D eigenvalue weighted by atomic mass is 16.2. The van der Waals surface area contributed by atoms with Crippen LogP contribution in [0.1, 0.15) is 23.2 Å². The molecule has 0 bridgehead atoms. The van der Waals surface area contributed by atoms with Gasteiger partial charge < -0.3 is 10.6 Å². The first kappa shape index (κ1) is 12.6. The minimum Gasteiger partial charge on any atom is -0.335 e. The Labute approximate surface area is 123 Å². The molecule has 2 fully saturated rings. The molecule has 0 radical (unpaired) electrons. The topological polar surface area (TPSA) is 64.2 Å². The van der Waals surface area contributed by atoms with Gasteiger partial charge >= 0.3 is 0 Å². The lowest BCUT2D eigenvalue weighted by molar-refractivity contribution is 0.0350. The summed E-state index contributed by atoms with van der Waals surface area (Å²) in [5, 5.41) is 4.27. The number of nitrogens with zero attached hydrogens (tertiary/aromatic N) is 3. The van der Waals surface area contributed by atoms with Crippen molar-refractivity contribution >= 4 is 5.91 Å². The van der Waals surface area contributed by atoms with Gasteiger partial charge in [-0.1, -0.05) is 18.2 Å². The van der Waals surface area contributed by atoms with Gasteiger partial charge in [0.25, 0.3) is 5.91 Å². The number of benzene rings is 1. The van der Waals surface area contributed by atoms with Crippen LogP contribution in [0, 0.1) is 5.92 Å². The van der Waals surface area contributed by atoms with Crippen molar-refractivity contribution < 1.29 is 4.79 Å². The number of likely N-dealkylation sites (tertiary alicyclic amines) is 1. The average Bonchev–Trinajstić information content (AvgIpc) is 3.22. The summed E-state index contributed by atoms with van der Waals surface area (Å²) in [4.78, 5) is 14.2. The Balaban J connectivity index is 1.48. The van der Waals surface area contributed by atoms with Crippen molar-refractivity contribution in [2.45, 2.75) is 18.4 Å². The molecule has 1 saturated carbocycles. The van der Waals surface area contributed by atoms with Crippen LogP contribution >= 0.6 is 0 Å². The Kier molecular flexibility index (Phi) is 2.65. The van der Waals surface area contributed by atoms with Crippen LogP contribution in [0.5, 0.6) is 0 Å². The lowest BCUT2D eigenvalue weighted by Crippen LogP contribution is -2.69. The van der Waals surface area contributed by atoms with Crippen molar-refractivity contribution in [2.75, 3.05) is 13.1 Å². The van der Waals surface area contributed by atoms with Crippen LogP contribution in [0.2, 0.25) is 0 Å². The molecule has 1 saturated heterocycles. The molecule has 2 N–H and O–H groups in total.